The largest absolute Gasteiger partial charge is 0.502 e. The van der Waals surface area contributed by atoms with Gasteiger partial charge in [0.2, 0.25) is 5.75 Å². The van der Waals surface area contributed by atoms with Crippen molar-refractivity contribution in [3.63, 3.8) is 0 Å². The van der Waals surface area contributed by atoms with Crippen molar-refractivity contribution < 1.29 is 19.6 Å². The first-order valence-corrected chi connectivity index (χ1v) is 7.72. The quantitative estimate of drug-likeness (QED) is 0.310. The number of amides is 1. The first kappa shape index (κ1) is 17.7. The Kier molecular flexibility index (Phi) is 6.07. The van der Waals surface area contributed by atoms with Gasteiger partial charge in [-0.2, -0.15) is 5.10 Å². The summed E-state index contributed by atoms with van der Waals surface area (Å²) in [5.41, 5.74) is 1.90. The van der Waals surface area contributed by atoms with Crippen LogP contribution in [-0.4, -0.2) is 28.8 Å². The molecule has 0 heterocycles. The molecule has 0 saturated heterocycles. The SMILES string of the molecule is O=C(COc1ccccc1I)N/N=C/c1cccc([N+](=O)[O-])c1O. The molecule has 0 aromatic heterocycles. The maximum Gasteiger partial charge on any atom is 0.311 e. The lowest BCUT2D eigenvalue weighted by Crippen LogP contribution is -2.24. The molecule has 0 spiro atoms. The van der Waals surface area contributed by atoms with E-state index in [-0.39, 0.29) is 12.2 Å². The molecule has 0 radical (unpaired) electrons. The van der Waals surface area contributed by atoms with Gasteiger partial charge in [-0.25, -0.2) is 5.43 Å². The highest BCUT2D eigenvalue weighted by atomic mass is 127. The number of hydrogen-bond acceptors (Lipinski definition) is 6. The number of benzene rings is 2. The lowest BCUT2D eigenvalue weighted by atomic mass is 10.2. The van der Waals surface area contributed by atoms with Gasteiger partial charge in [0.05, 0.1) is 14.7 Å². The molecule has 0 atom stereocenters. The van der Waals surface area contributed by atoms with Gasteiger partial charge in [0.15, 0.2) is 6.61 Å². The van der Waals surface area contributed by atoms with E-state index < -0.39 is 22.3 Å². The Balaban J connectivity index is 1.92. The molecule has 0 aliphatic rings. The lowest BCUT2D eigenvalue weighted by molar-refractivity contribution is -0.385. The van der Waals surface area contributed by atoms with E-state index in [0.717, 1.165) is 9.78 Å². The van der Waals surface area contributed by atoms with Crippen LogP contribution < -0.4 is 10.2 Å². The van der Waals surface area contributed by atoms with Crippen LogP contribution in [-0.2, 0) is 4.79 Å². The van der Waals surface area contributed by atoms with Crippen molar-refractivity contribution in [3.8, 4) is 11.5 Å². The summed E-state index contributed by atoms with van der Waals surface area (Å²) in [6.45, 7) is -0.238. The molecular weight excluding hydrogens is 429 g/mol. The minimum absolute atomic E-state index is 0.114. The Morgan fingerprint density at radius 3 is 2.79 bits per heavy atom. The van der Waals surface area contributed by atoms with Crippen molar-refractivity contribution in [3.05, 3.63) is 61.7 Å². The van der Waals surface area contributed by atoms with Crippen molar-refractivity contribution in [2.45, 2.75) is 0 Å². The van der Waals surface area contributed by atoms with Crippen LogP contribution in [0.3, 0.4) is 0 Å². The van der Waals surface area contributed by atoms with Crippen molar-refractivity contribution >= 4 is 40.4 Å². The van der Waals surface area contributed by atoms with Crippen LogP contribution in [0.25, 0.3) is 0 Å². The monoisotopic (exact) mass is 441 g/mol. The summed E-state index contributed by atoms with van der Waals surface area (Å²) in [5, 5.41) is 24.1. The molecule has 2 aromatic rings. The van der Waals surface area contributed by atoms with Crippen molar-refractivity contribution in [1.82, 2.24) is 5.43 Å². The Bertz CT molecular complexity index is 794. The number of para-hydroxylation sites is 2. The van der Waals surface area contributed by atoms with Gasteiger partial charge in [0.25, 0.3) is 5.91 Å². The third-order valence-corrected chi connectivity index (χ3v) is 3.72. The first-order valence-electron chi connectivity index (χ1n) is 6.64. The third kappa shape index (κ3) is 4.65. The molecule has 0 aliphatic carbocycles. The molecule has 0 saturated carbocycles. The zero-order chi connectivity index (χ0) is 17.5. The molecule has 1 amide bonds. The molecule has 8 nitrogen and oxygen atoms in total. The van der Waals surface area contributed by atoms with E-state index >= 15 is 0 Å². The van der Waals surface area contributed by atoms with Gasteiger partial charge in [0, 0.05) is 11.6 Å². The van der Waals surface area contributed by atoms with E-state index in [0.29, 0.717) is 5.75 Å². The summed E-state index contributed by atoms with van der Waals surface area (Å²) in [6.07, 6.45) is 1.12. The smallest absolute Gasteiger partial charge is 0.311 e. The number of carbonyl (C=O) groups excluding carboxylic acids is 1. The highest BCUT2D eigenvalue weighted by Crippen LogP contribution is 2.27. The predicted molar refractivity (Wildman–Crippen MR) is 95.2 cm³/mol. The number of nitrogens with one attached hydrogen (secondary N) is 1. The molecule has 0 bridgehead atoms. The average Bonchev–Trinajstić information content (AvgIpc) is 2.55. The maximum atomic E-state index is 11.7. The van der Waals surface area contributed by atoms with Crippen molar-refractivity contribution in [2.75, 3.05) is 6.61 Å². The minimum Gasteiger partial charge on any atom is -0.502 e. The van der Waals surface area contributed by atoms with E-state index in [1.54, 1.807) is 12.1 Å². The highest BCUT2D eigenvalue weighted by molar-refractivity contribution is 14.1. The molecule has 0 aliphatic heterocycles. The molecule has 2 aromatic carbocycles. The van der Waals surface area contributed by atoms with Crippen LogP contribution in [0.15, 0.2) is 47.6 Å². The Morgan fingerprint density at radius 2 is 2.08 bits per heavy atom. The fourth-order valence-corrected chi connectivity index (χ4v) is 2.25. The van der Waals surface area contributed by atoms with Crippen LogP contribution in [0.2, 0.25) is 0 Å². The van der Waals surface area contributed by atoms with Gasteiger partial charge in [-0.1, -0.05) is 18.2 Å². The summed E-state index contributed by atoms with van der Waals surface area (Å²) < 4.78 is 6.21. The highest BCUT2D eigenvalue weighted by Gasteiger charge is 2.15. The van der Waals surface area contributed by atoms with Gasteiger partial charge in [0.1, 0.15) is 5.75 Å². The molecule has 2 rings (SSSR count). The van der Waals surface area contributed by atoms with Crippen LogP contribution in [0.1, 0.15) is 5.56 Å². The Morgan fingerprint density at radius 1 is 1.33 bits per heavy atom. The van der Waals surface area contributed by atoms with Gasteiger partial charge >= 0.3 is 5.69 Å². The maximum absolute atomic E-state index is 11.7. The Hall–Kier alpha value is -2.69. The minimum atomic E-state index is -0.708. The number of rotatable bonds is 6. The Labute approximate surface area is 150 Å². The number of phenols is 1. The molecule has 0 unspecified atom stereocenters. The number of nitrogens with zero attached hydrogens (tertiary/aromatic N) is 2. The lowest BCUT2D eigenvalue weighted by Gasteiger charge is -2.06. The summed E-state index contributed by atoms with van der Waals surface area (Å²) in [5.74, 6) is -0.444. The number of aromatic hydroxyl groups is 1. The predicted octanol–water partition coefficient (Wildman–Crippen LogP) is 2.43. The van der Waals surface area contributed by atoms with E-state index in [1.807, 2.05) is 12.1 Å². The van der Waals surface area contributed by atoms with Crippen LogP contribution in [0.5, 0.6) is 11.5 Å². The van der Waals surface area contributed by atoms with Gasteiger partial charge < -0.3 is 9.84 Å². The summed E-state index contributed by atoms with van der Waals surface area (Å²) in [4.78, 5) is 21.7. The van der Waals surface area contributed by atoms with Crippen molar-refractivity contribution in [1.29, 1.82) is 0 Å². The second kappa shape index (κ2) is 8.24. The van der Waals surface area contributed by atoms with Crippen LogP contribution in [0, 0.1) is 13.7 Å². The number of hydrogen-bond donors (Lipinski definition) is 2. The zero-order valence-corrected chi connectivity index (χ0v) is 14.3. The van der Waals surface area contributed by atoms with Gasteiger partial charge in [-0.15, -0.1) is 0 Å². The zero-order valence-electron chi connectivity index (χ0n) is 12.2. The summed E-state index contributed by atoms with van der Waals surface area (Å²) in [7, 11) is 0. The second-order valence-electron chi connectivity index (χ2n) is 4.48. The van der Waals surface area contributed by atoms with Crippen molar-refractivity contribution in [2.24, 2.45) is 5.10 Å². The molecular formula is C15H12IN3O5. The van der Waals surface area contributed by atoms with E-state index in [4.69, 9.17) is 4.74 Å². The fourth-order valence-electron chi connectivity index (χ4n) is 1.71. The van der Waals surface area contributed by atoms with Crippen LogP contribution in [0.4, 0.5) is 5.69 Å². The van der Waals surface area contributed by atoms with Gasteiger partial charge in [-0.3, -0.25) is 14.9 Å². The molecule has 24 heavy (non-hydrogen) atoms. The third-order valence-electron chi connectivity index (χ3n) is 2.83. The summed E-state index contributed by atoms with van der Waals surface area (Å²) in [6, 6.07) is 11.2. The number of halogens is 1. The second-order valence-corrected chi connectivity index (χ2v) is 5.65. The van der Waals surface area contributed by atoms with E-state index in [9.17, 15) is 20.0 Å². The number of carbonyl (C=O) groups is 1. The molecule has 9 heteroatoms. The van der Waals surface area contributed by atoms with E-state index in [2.05, 4.69) is 33.1 Å². The topological polar surface area (TPSA) is 114 Å². The van der Waals surface area contributed by atoms with E-state index in [1.165, 1.54) is 18.2 Å². The summed E-state index contributed by atoms with van der Waals surface area (Å²) >= 11 is 2.09. The number of ether oxygens (including phenoxy) is 1. The molecule has 2 N–H and O–H groups in total. The van der Waals surface area contributed by atoms with Gasteiger partial charge in [-0.05, 0) is 40.8 Å². The standard InChI is InChI=1S/C15H12IN3O5/c16-11-5-1-2-7-13(11)24-9-14(20)18-17-8-10-4-3-6-12(15(10)21)19(22)23/h1-8,21H,9H2,(H,18,20)/b17-8+. The fraction of sp³-hybridized carbons (Fsp3) is 0.0667. The van der Waals surface area contributed by atoms with Crippen LogP contribution >= 0.6 is 22.6 Å². The number of nitro groups is 1. The first-order chi connectivity index (χ1) is 11.5. The number of phenolic OH excluding ortho intramolecular Hbond substituents is 1. The average molecular weight is 441 g/mol. The number of nitro benzene ring substituents is 1. The normalized spacial score (nSPS) is 10.5. The molecule has 124 valence electrons. The molecule has 0 fully saturated rings. The number of hydrazone groups is 1.